The van der Waals surface area contributed by atoms with E-state index in [2.05, 4.69) is 19.2 Å². The van der Waals surface area contributed by atoms with Crippen LogP contribution >= 0.6 is 0 Å². The van der Waals surface area contributed by atoms with Crippen LogP contribution in [0.25, 0.3) is 0 Å². The van der Waals surface area contributed by atoms with Gasteiger partial charge in [0.05, 0.1) is 4.90 Å². The minimum atomic E-state index is -3.57. The Hall–Kier alpha value is -1.44. The molecule has 1 aliphatic rings. The molecule has 0 unspecified atom stereocenters. The fraction of sp³-hybridized carbons (Fsp3) is 0.696. The van der Waals surface area contributed by atoms with Crippen LogP contribution in [-0.2, 0) is 19.6 Å². The second kappa shape index (κ2) is 10.7. The lowest BCUT2D eigenvalue weighted by Crippen LogP contribution is -2.43. The van der Waals surface area contributed by atoms with Gasteiger partial charge in [0.2, 0.25) is 15.9 Å². The summed E-state index contributed by atoms with van der Waals surface area (Å²) in [6, 6.07) is 2.04. The van der Waals surface area contributed by atoms with E-state index in [9.17, 15) is 13.2 Å². The topological polar surface area (TPSA) is 75.7 Å². The second-order valence-electron chi connectivity index (χ2n) is 8.88. The average molecular weight is 439 g/mol. The zero-order valence-corrected chi connectivity index (χ0v) is 20.2. The summed E-state index contributed by atoms with van der Waals surface area (Å²) in [6.45, 7) is 14.6. The van der Waals surface area contributed by atoms with Gasteiger partial charge in [0.15, 0.2) is 0 Å². The lowest BCUT2D eigenvalue weighted by Gasteiger charge is -2.31. The highest BCUT2D eigenvalue weighted by Crippen LogP contribution is 2.31. The minimum absolute atomic E-state index is 0.0228. The molecule has 0 spiro atoms. The van der Waals surface area contributed by atoms with E-state index < -0.39 is 10.0 Å². The number of piperidine rings is 1. The predicted octanol–water partition coefficient (Wildman–Crippen LogP) is 3.50. The average Bonchev–Trinajstić information content (AvgIpc) is 2.69. The fourth-order valence-corrected chi connectivity index (χ4v) is 5.95. The van der Waals surface area contributed by atoms with E-state index in [1.54, 1.807) is 4.31 Å². The van der Waals surface area contributed by atoms with Gasteiger partial charge in [-0.05, 0) is 75.1 Å². The van der Waals surface area contributed by atoms with Crippen LogP contribution in [-0.4, -0.2) is 51.5 Å². The summed E-state index contributed by atoms with van der Waals surface area (Å²) in [5.41, 5.74) is 3.61. The van der Waals surface area contributed by atoms with Gasteiger partial charge in [-0.25, -0.2) is 8.42 Å². The summed E-state index contributed by atoms with van der Waals surface area (Å²) >= 11 is 0. The quantitative estimate of drug-likeness (QED) is 0.599. The Balaban J connectivity index is 1.90. The number of amides is 1. The molecule has 170 valence electrons. The van der Waals surface area contributed by atoms with Gasteiger partial charge in [0.25, 0.3) is 0 Å². The molecule has 2 rings (SSSR count). The van der Waals surface area contributed by atoms with Crippen LogP contribution in [0.4, 0.5) is 0 Å². The van der Waals surface area contributed by atoms with Gasteiger partial charge in [0, 0.05) is 38.8 Å². The number of aryl methyl sites for hydroxylation is 2. The Morgan fingerprint density at radius 3 is 2.23 bits per heavy atom. The monoisotopic (exact) mass is 438 g/mol. The van der Waals surface area contributed by atoms with E-state index in [1.807, 2.05) is 33.8 Å². The molecule has 1 aromatic carbocycles. The van der Waals surface area contributed by atoms with Crippen molar-refractivity contribution in [2.24, 2.45) is 11.8 Å². The van der Waals surface area contributed by atoms with Crippen LogP contribution in [0.3, 0.4) is 0 Å². The first kappa shape index (κ1) is 24.8. The molecule has 0 radical (unpaired) electrons. The molecule has 1 amide bonds. The molecule has 7 heteroatoms. The number of rotatable bonds is 9. The Bertz CT molecular complexity index is 815. The largest absolute Gasteiger partial charge is 0.381 e. The standard InChI is InChI=1S/C23H38N2O4S/c1-16(2)15-29-13-7-10-24-23(26)21-8-11-25(12-9-21)30(27,28)22-19(5)17(3)14-18(4)20(22)6/h14,16,21H,7-13,15H2,1-6H3,(H,24,26). The van der Waals surface area contributed by atoms with Gasteiger partial charge >= 0.3 is 0 Å². The maximum Gasteiger partial charge on any atom is 0.243 e. The number of sulfonamides is 1. The molecular weight excluding hydrogens is 400 g/mol. The maximum absolute atomic E-state index is 13.3. The number of nitrogens with zero attached hydrogens (tertiary/aromatic N) is 1. The molecule has 1 saturated heterocycles. The highest BCUT2D eigenvalue weighted by molar-refractivity contribution is 7.89. The molecule has 0 aliphatic carbocycles. The molecule has 1 aromatic rings. The summed E-state index contributed by atoms with van der Waals surface area (Å²) in [7, 11) is -3.57. The van der Waals surface area contributed by atoms with Crippen molar-refractivity contribution in [2.45, 2.75) is 65.7 Å². The van der Waals surface area contributed by atoms with Crippen LogP contribution in [0.1, 0.15) is 55.4 Å². The van der Waals surface area contributed by atoms with Crippen LogP contribution in [0.5, 0.6) is 0 Å². The van der Waals surface area contributed by atoms with Gasteiger partial charge in [0.1, 0.15) is 0 Å². The molecule has 1 heterocycles. The van der Waals surface area contributed by atoms with Crippen LogP contribution in [0.15, 0.2) is 11.0 Å². The normalized spacial score (nSPS) is 16.2. The van der Waals surface area contributed by atoms with E-state index in [0.717, 1.165) is 35.3 Å². The Morgan fingerprint density at radius 2 is 1.70 bits per heavy atom. The van der Waals surface area contributed by atoms with Crippen molar-refractivity contribution in [3.63, 3.8) is 0 Å². The van der Waals surface area contributed by atoms with Crippen molar-refractivity contribution in [2.75, 3.05) is 32.8 Å². The molecule has 1 fully saturated rings. The highest BCUT2D eigenvalue weighted by atomic mass is 32.2. The summed E-state index contributed by atoms with van der Waals surface area (Å²) in [5, 5.41) is 2.97. The van der Waals surface area contributed by atoms with Gasteiger partial charge < -0.3 is 10.1 Å². The molecule has 1 N–H and O–H groups in total. The molecule has 0 atom stereocenters. The van der Waals surface area contributed by atoms with Gasteiger partial charge in [-0.1, -0.05) is 19.9 Å². The SMILES string of the molecule is Cc1cc(C)c(C)c(S(=O)(=O)N2CCC(C(=O)NCCCOCC(C)C)CC2)c1C. The second-order valence-corrected chi connectivity index (χ2v) is 10.8. The van der Waals surface area contributed by atoms with E-state index >= 15 is 0 Å². The lowest BCUT2D eigenvalue weighted by molar-refractivity contribution is -0.126. The molecule has 0 bridgehead atoms. The van der Waals surface area contributed by atoms with E-state index in [4.69, 9.17) is 4.74 Å². The Morgan fingerprint density at radius 1 is 1.13 bits per heavy atom. The van der Waals surface area contributed by atoms with E-state index in [1.165, 1.54) is 0 Å². The van der Waals surface area contributed by atoms with Crippen molar-refractivity contribution < 1.29 is 17.9 Å². The third-order valence-corrected chi connectivity index (χ3v) is 8.11. The first-order chi connectivity index (χ1) is 14.1. The maximum atomic E-state index is 13.3. The lowest BCUT2D eigenvalue weighted by atomic mass is 9.97. The number of hydrogen-bond acceptors (Lipinski definition) is 4. The number of nitrogens with one attached hydrogen (secondary N) is 1. The highest BCUT2D eigenvalue weighted by Gasteiger charge is 2.34. The summed E-state index contributed by atoms with van der Waals surface area (Å²) in [6.07, 6.45) is 1.90. The molecule has 0 aromatic heterocycles. The Kier molecular flexibility index (Phi) is 8.88. The summed E-state index contributed by atoms with van der Waals surface area (Å²) < 4.78 is 33.8. The van der Waals surface area contributed by atoms with Crippen molar-refractivity contribution in [1.29, 1.82) is 0 Å². The van der Waals surface area contributed by atoms with Crippen molar-refractivity contribution in [3.05, 3.63) is 28.3 Å². The molecule has 1 aliphatic heterocycles. The van der Waals surface area contributed by atoms with Gasteiger partial charge in [-0.15, -0.1) is 0 Å². The minimum Gasteiger partial charge on any atom is -0.381 e. The van der Waals surface area contributed by atoms with E-state index in [-0.39, 0.29) is 11.8 Å². The number of carbonyl (C=O) groups excluding carboxylic acids is 1. The van der Waals surface area contributed by atoms with Crippen molar-refractivity contribution in [1.82, 2.24) is 9.62 Å². The first-order valence-electron chi connectivity index (χ1n) is 11.0. The van der Waals surface area contributed by atoms with Gasteiger partial charge in [-0.3, -0.25) is 4.79 Å². The van der Waals surface area contributed by atoms with Crippen molar-refractivity contribution >= 4 is 15.9 Å². The van der Waals surface area contributed by atoms with Crippen LogP contribution < -0.4 is 5.32 Å². The first-order valence-corrected chi connectivity index (χ1v) is 12.4. The zero-order chi connectivity index (χ0) is 22.5. The fourth-order valence-electron chi connectivity index (χ4n) is 3.90. The predicted molar refractivity (Wildman–Crippen MR) is 120 cm³/mol. The van der Waals surface area contributed by atoms with Gasteiger partial charge in [-0.2, -0.15) is 4.31 Å². The van der Waals surface area contributed by atoms with E-state index in [0.29, 0.717) is 49.9 Å². The summed E-state index contributed by atoms with van der Waals surface area (Å²) in [4.78, 5) is 12.9. The Labute approximate surface area is 182 Å². The third kappa shape index (κ3) is 6.05. The third-order valence-electron chi connectivity index (χ3n) is 5.94. The molecular formula is C23H38N2O4S. The molecule has 6 nitrogen and oxygen atoms in total. The zero-order valence-electron chi connectivity index (χ0n) is 19.4. The smallest absolute Gasteiger partial charge is 0.243 e. The number of ether oxygens (including phenoxy) is 1. The molecule has 0 saturated carbocycles. The number of carbonyl (C=O) groups is 1. The number of benzene rings is 1. The van der Waals surface area contributed by atoms with Crippen LogP contribution in [0.2, 0.25) is 0 Å². The molecule has 30 heavy (non-hydrogen) atoms. The van der Waals surface area contributed by atoms with Crippen LogP contribution in [0, 0.1) is 39.5 Å². The number of hydrogen-bond donors (Lipinski definition) is 1. The van der Waals surface area contributed by atoms with Crippen molar-refractivity contribution in [3.8, 4) is 0 Å². The summed E-state index contributed by atoms with van der Waals surface area (Å²) in [5.74, 6) is 0.404.